The molecule has 0 aliphatic heterocycles. The van der Waals surface area contributed by atoms with Crippen LogP contribution in [0, 0.1) is 0 Å². The van der Waals surface area contributed by atoms with Crippen molar-refractivity contribution < 1.29 is 0 Å². The van der Waals surface area contributed by atoms with Gasteiger partial charge in [0.15, 0.2) is 0 Å². The van der Waals surface area contributed by atoms with E-state index in [1.165, 1.54) is 44.3 Å². The first-order valence-electron chi connectivity index (χ1n) is 5.18. The largest absolute Gasteiger partial charge is 0.301 e. The Labute approximate surface area is 76.5 Å². The molecule has 0 atom stereocenters. The summed E-state index contributed by atoms with van der Waals surface area (Å²) >= 11 is 0. The van der Waals surface area contributed by atoms with Crippen molar-refractivity contribution in [3.05, 3.63) is 12.2 Å². The van der Waals surface area contributed by atoms with Crippen LogP contribution in [0.25, 0.3) is 0 Å². The highest BCUT2D eigenvalue weighted by Crippen LogP contribution is 2.25. The van der Waals surface area contributed by atoms with Gasteiger partial charge in [0.1, 0.15) is 0 Å². The lowest BCUT2D eigenvalue weighted by molar-refractivity contribution is 0.185. The number of nitrogens with zero attached hydrogens (tertiary/aromatic N) is 1. The minimum Gasteiger partial charge on any atom is -0.301 e. The smallest absolute Gasteiger partial charge is 0.0101 e. The summed E-state index contributed by atoms with van der Waals surface area (Å²) in [6.07, 6.45) is 5.17. The first-order chi connectivity index (χ1) is 5.77. The number of hydrogen-bond donors (Lipinski definition) is 0. The summed E-state index contributed by atoms with van der Waals surface area (Å²) in [6.45, 7) is 11.0. The zero-order valence-electron chi connectivity index (χ0n) is 8.47. The monoisotopic (exact) mass is 167 g/mol. The summed E-state index contributed by atoms with van der Waals surface area (Å²) in [5.74, 6) is 0. The highest BCUT2D eigenvalue weighted by Gasteiger charge is 2.19. The normalized spacial score (nSPS) is 20.4. The van der Waals surface area contributed by atoms with Gasteiger partial charge in [0.2, 0.25) is 0 Å². The van der Waals surface area contributed by atoms with E-state index in [0.717, 1.165) is 6.04 Å². The summed E-state index contributed by atoms with van der Waals surface area (Å²) in [5.41, 5.74) is 1.46. The predicted octanol–water partition coefficient (Wildman–Crippen LogP) is 2.83. The molecule has 1 saturated carbocycles. The van der Waals surface area contributed by atoms with Crippen molar-refractivity contribution in [1.29, 1.82) is 0 Å². The van der Waals surface area contributed by atoms with Crippen LogP contribution < -0.4 is 0 Å². The van der Waals surface area contributed by atoms with E-state index in [1.807, 2.05) is 0 Å². The molecule has 0 N–H and O–H groups in total. The summed E-state index contributed by atoms with van der Waals surface area (Å²) < 4.78 is 0. The van der Waals surface area contributed by atoms with Crippen LogP contribution in [0.15, 0.2) is 12.2 Å². The van der Waals surface area contributed by atoms with Crippen molar-refractivity contribution in [3.63, 3.8) is 0 Å². The SMILES string of the molecule is C=C1CCC(N(CC)CC)CC1. The minimum absolute atomic E-state index is 0.838. The standard InChI is InChI=1S/C11H21N/c1-4-12(5-2)11-8-6-10(3)7-9-11/h11H,3-9H2,1-2H3. The molecule has 0 heterocycles. The molecule has 1 aliphatic rings. The van der Waals surface area contributed by atoms with E-state index in [1.54, 1.807) is 0 Å². The van der Waals surface area contributed by atoms with E-state index in [2.05, 4.69) is 25.3 Å². The van der Waals surface area contributed by atoms with E-state index in [4.69, 9.17) is 0 Å². The Hall–Kier alpha value is -0.300. The molecule has 0 amide bonds. The van der Waals surface area contributed by atoms with Crippen molar-refractivity contribution in [3.8, 4) is 0 Å². The van der Waals surface area contributed by atoms with Gasteiger partial charge in [0, 0.05) is 6.04 Å². The van der Waals surface area contributed by atoms with Crippen LogP contribution in [0.3, 0.4) is 0 Å². The van der Waals surface area contributed by atoms with Gasteiger partial charge in [-0.25, -0.2) is 0 Å². The van der Waals surface area contributed by atoms with Gasteiger partial charge in [0.25, 0.3) is 0 Å². The molecule has 1 rings (SSSR count). The van der Waals surface area contributed by atoms with Crippen molar-refractivity contribution in [2.24, 2.45) is 0 Å². The molecule has 0 radical (unpaired) electrons. The molecule has 0 spiro atoms. The Balaban J connectivity index is 2.37. The van der Waals surface area contributed by atoms with Crippen molar-refractivity contribution in [2.45, 2.75) is 45.6 Å². The topological polar surface area (TPSA) is 3.24 Å². The average molecular weight is 167 g/mol. The van der Waals surface area contributed by atoms with Gasteiger partial charge < -0.3 is 4.90 Å². The zero-order valence-corrected chi connectivity index (χ0v) is 8.47. The molecule has 0 unspecified atom stereocenters. The lowest BCUT2D eigenvalue weighted by atomic mass is 9.91. The number of hydrogen-bond acceptors (Lipinski definition) is 1. The maximum Gasteiger partial charge on any atom is 0.0101 e. The summed E-state index contributed by atoms with van der Waals surface area (Å²) in [7, 11) is 0. The second kappa shape index (κ2) is 4.66. The summed E-state index contributed by atoms with van der Waals surface area (Å²) in [4.78, 5) is 2.58. The third kappa shape index (κ3) is 2.34. The van der Waals surface area contributed by atoms with Gasteiger partial charge in [0.05, 0.1) is 0 Å². The van der Waals surface area contributed by atoms with Gasteiger partial charge >= 0.3 is 0 Å². The third-order valence-corrected chi connectivity index (χ3v) is 2.99. The maximum atomic E-state index is 4.04. The summed E-state index contributed by atoms with van der Waals surface area (Å²) in [5, 5.41) is 0. The van der Waals surface area contributed by atoms with E-state index >= 15 is 0 Å². The van der Waals surface area contributed by atoms with Gasteiger partial charge in [-0.1, -0.05) is 26.0 Å². The second-order valence-corrected chi connectivity index (χ2v) is 3.70. The molecule has 1 heteroatoms. The van der Waals surface area contributed by atoms with Gasteiger partial charge in [-0.2, -0.15) is 0 Å². The first-order valence-corrected chi connectivity index (χ1v) is 5.18. The van der Waals surface area contributed by atoms with Gasteiger partial charge in [-0.3, -0.25) is 0 Å². The van der Waals surface area contributed by atoms with Crippen LogP contribution in [0.2, 0.25) is 0 Å². The fourth-order valence-electron chi connectivity index (χ4n) is 2.12. The van der Waals surface area contributed by atoms with Crippen LogP contribution in [0.4, 0.5) is 0 Å². The molecule has 1 nitrogen and oxygen atoms in total. The quantitative estimate of drug-likeness (QED) is 0.584. The van der Waals surface area contributed by atoms with E-state index in [-0.39, 0.29) is 0 Å². The van der Waals surface area contributed by atoms with Crippen LogP contribution >= 0.6 is 0 Å². The predicted molar refractivity (Wildman–Crippen MR) is 54.3 cm³/mol. The van der Waals surface area contributed by atoms with E-state index in [9.17, 15) is 0 Å². The van der Waals surface area contributed by atoms with Gasteiger partial charge in [-0.15, -0.1) is 0 Å². The van der Waals surface area contributed by atoms with Crippen molar-refractivity contribution >= 4 is 0 Å². The van der Waals surface area contributed by atoms with E-state index < -0.39 is 0 Å². The van der Waals surface area contributed by atoms with Crippen LogP contribution in [-0.4, -0.2) is 24.0 Å². The van der Waals surface area contributed by atoms with Crippen LogP contribution in [0.1, 0.15) is 39.5 Å². The molecule has 0 aromatic carbocycles. The highest BCUT2D eigenvalue weighted by atomic mass is 15.1. The molecule has 0 bridgehead atoms. The van der Waals surface area contributed by atoms with Crippen LogP contribution in [0.5, 0.6) is 0 Å². The average Bonchev–Trinajstić information content (AvgIpc) is 2.10. The van der Waals surface area contributed by atoms with E-state index in [0.29, 0.717) is 0 Å². The third-order valence-electron chi connectivity index (χ3n) is 2.99. The molecule has 1 aliphatic carbocycles. The fourth-order valence-corrected chi connectivity index (χ4v) is 2.12. The fraction of sp³-hybridized carbons (Fsp3) is 0.818. The van der Waals surface area contributed by atoms with Crippen molar-refractivity contribution in [1.82, 2.24) is 4.90 Å². The lowest BCUT2D eigenvalue weighted by Crippen LogP contribution is -2.36. The molecular weight excluding hydrogens is 146 g/mol. The molecular formula is C11H21N. The molecule has 12 heavy (non-hydrogen) atoms. The molecule has 0 saturated heterocycles. The number of allylic oxidation sites excluding steroid dienone is 1. The van der Waals surface area contributed by atoms with Crippen LogP contribution in [-0.2, 0) is 0 Å². The minimum atomic E-state index is 0.838. The summed E-state index contributed by atoms with van der Waals surface area (Å²) in [6, 6.07) is 0.838. The molecule has 0 aromatic rings. The molecule has 1 fully saturated rings. The first kappa shape index (κ1) is 9.79. The Morgan fingerprint density at radius 1 is 1.25 bits per heavy atom. The Morgan fingerprint density at radius 3 is 2.17 bits per heavy atom. The lowest BCUT2D eigenvalue weighted by Gasteiger charge is -2.33. The Kier molecular flexibility index (Phi) is 3.80. The second-order valence-electron chi connectivity index (χ2n) is 3.70. The Bertz CT molecular complexity index is 137. The van der Waals surface area contributed by atoms with Crippen molar-refractivity contribution in [2.75, 3.05) is 13.1 Å². The molecule has 70 valence electrons. The Morgan fingerprint density at radius 2 is 1.75 bits per heavy atom. The highest BCUT2D eigenvalue weighted by molar-refractivity contribution is 5.00. The maximum absolute atomic E-state index is 4.04. The molecule has 0 aromatic heterocycles. The van der Waals surface area contributed by atoms with Gasteiger partial charge in [-0.05, 0) is 38.8 Å². The number of rotatable bonds is 3. The zero-order chi connectivity index (χ0) is 8.97.